The van der Waals surface area contributed by atoms with Crippen LogP contribution in [-0.4, -0.2) is 28.5 Å². The van der Waals surface area contributed by atoms with E-state index in [1.165, 1.54) is 6.07 Å². The van der Waals surface area contributed by atoms with Crippen molar-refractivity contribution in [2.45, 2.75) is 13.5 Å². The summed E-state index contributed by atoms with van der Waals surface area (Å²) in [6, 6.07) is 16.2. The molecule has 1 amide bonds. The van der Waals surface area contributed by atoms with Gasteiger partial charge in [-0.05, 0) is 49.4 Å². The van der Waals surface area contributed by atoms with E-state index in [1.54, 1.807) is 29.2 Å². The smallest absolute Gasteiger partial charge is 0.277 e. The highest BCUT2D eigenvalue weighted by Gasteiger charge is 2.33. The van der Waals surface area contributed by atoms with E-state index in [2.05, 4.69) is 28.9 Å². The number of non-ortho nitro benzene ring substituents is 1. The van der Waals surface area contributed by atoms with Gasteiger partial charge >= 0.3 is 0 Å². The van der Waals surface area contributed by atoms with Gasteiger partial charge < -0.3 is 4.90 Å². The van der Waals surface area contributed by atoms with Crippen LogP contribution >= 0.6 is 0 Å². The van der Waals surface area contributed by atoms with E-state index < -0.39 is 4.92 Å². The summed E-state index contributed by atoms with van der Waals surface area (Å²) in [7, 11) is 2.00. The van der Waals surface area contributed by atoms with Crippen molar-refractivity contribution in [3.05, 3.63) is 89.0 Å². The third-order valence-corrected chi connectivity index (χ3v) is 6.17. The Labute approximate surface area is 191 Å². The number of carbonyl (C=O) groups is 1. The van der Waals surface area contributed by atoms with Crippen molar-refractivity contribution in [2.75, 3.05) is 22.9 Å². The fourth-order valence-electron chi connectivity index (χ4n) is 4.54. The fourth-order valence-corrected chi connectivity index (χ4v) is 4.54. The maximum atomic E-state index is 13.2. The van der Waals surface area contributed by atoms with Crippen molar-refractivity contribution in [3.63, 3.8) is 0 Å². The minimum Gasteiger partial charge on any atom is -0.368 e. The fraction of sp³-hybridized carbons (Fsp3) is 0.200. The summed E-state index contributed by atoms with van der Waals surface area (Å²) >= 11 is 0. The van der Waals surface area contributed by atoms with Crippen molar-refractivity contribution in [1.82, 2.24) is 4.57 Å². The Morgan fingerprint density at radius 3 is 2.55 bits per heavy atom. The number of benzene rings is 3. The molecule has 0 fully saturated rings. The molecule has 0 N–H and O–H groups in total. The summed E-state index contributed by atoms with van der Waals surface area (Å²) in [4.78, 5) is 28.2. The predicted octanol–water partition coefficient (Wildman–Crippen LogP) is 4.19. The van der Waals surface area contributed by atoms with E-state index in [1.807, 2.05) is 42.1 Å². The Morgan fingerprint density at radius 2 is 1.88 bits per heavy atom. The molecule has 0 unspecified atom stereocenters. The number of rotatable bonds is 7. The lowest BCUT2D eigenvalue weighted by molar-refractivity contribution is -0.671. The van der Waals surface area contributed by atoms with E-state index in [0.717, 1.165) is 31.0 Å². The molecule has 8 nitrogen and oxygen atoms in total. The van der Waals surface area contributed by atoms with Crippen molar-refractivity contribution in [2.24, 2.45) is 7.05 Å². The summed E-state index contributed by atoms with van der Waals surface area (Å²) in [5.74, 6) is -0.170. The Morgan fingerprint density at radius 1 is 1.09 bits per heavy atom. The average molecular weight is 442 g/mol. The number of hydrogen-bond donors (Lipinski definition) is 0. The van der Waals surface area contributed by atoms with Gasteiger partial charge in [-0.2, -0.15) is 0 Å². The van der Waals surface area contributed by atoms with Gasteiger partial charge in [0.2, 0.25) is 6.33 Å². The number of likely N-dealkylation sites (N-methyl/N-ethyl adjacent to an activating group) is 1. The number of aromatic nitrogens is 2. The zero-order valence-corrected chi connectivity index (χ0v) is 18.5. The molecule has 0 bridgehead atoms. The maximum absolute atomic E-state index is 13.2. The lowest BCUT2D eigenvalue weighted by atomic mass is 10.0. The molecule has 4 aromatic rings. The molecule has 166 valence electrons. The van der Waals surface area contributed by atoms with Crippen LogP contribution < -0.4 is 14.4 Å². The largest absolute Gasteiger partial charge is 0.368 e. The topological polar surface area (TPSA) is 75.5 Å². The van der Waals surface area contributed by atoms with Crippen LogP contribution in [0.5, 0.6) is 0 Å². The first-order valence-electron chi connectivity index (χ1n) is 10.9. The van der Waals surface area contributed by atoms with Crippen molar-refractivity contribution in [3.8, 4) is 0 Å². The number of aryl methyl sites for hydroxylation is 1. The first-order chi connectivity index (χ1) is 16.0. The second-order valence-electron chi connectivity index (χ2n) is 8.14. The van der Waals surface area contributed by atoms with Gasteiger partial charge in [0.25, 0.3) is 11.6 Å². The molecule has 0 aliphatic carbocycles. The van der Waals surface area contributed by atoms with E-state index in [4.69, 9.17) is 0 Å². The number of nitrogens with zero attached hydrogens (tertiary/aromatic N) is 5. The second kappa shape index (κ2) is 8.05. The summed E-state index contributed by atoms with van der Waals surface area (Å²) in [5.41, 5.74) is 3.00. The molecule has 0 spiro atoms. The zero-order chi connectivity index (χ0) is 23.1. The SMILES string of the molecule is CCN(CCn1cc[n+](C)c1)c1ccc(N2C(=O)c3cccc4c([N+](=O)[O-])ccc2c34)cc1. The molecule has 33 heavy (non-hydrogen) atoms. The molecule has 5 rings (SSSR count). The normalized spacial score (nSPS) is 12.5. The molecular weight excluding hydrogens is 418 g/mol. The molecule has 0 saturated carbocycles. The Bertz CT molecular complexity index is 1380. The number of imidazole rings is 1. The second-order valence-corrected chi connectivity index (χ2v) is 8.14. The van der Waals surface area contributed by atoms with Gasteiger partial charge in [0, 0.05) is 29.4 Å². The number of hydrogen-bond acceptors (Lipinski definition) is 4. The summed E-state index contributed by atoms with van der Waals surface area (Å²) in [5, 5.41) is 12.6. The standard InChI is InChI=1S/C25H24N5O3/c1-3-28(16-15-27-14-13-26(2)17-27)18-7-9-19(10-8-18)29-23-12-11-22(30(32)33)20-5-4-6-21(24(20)23)25(29)31/h4-14,17H,3,15-16H2,1-2H3/q+1. The Kier molecular flexibility index (Phi) is 5.05. The van der Waals surface area contributed by atoms with Crippen LogP contribution in [-0.2, 0) is 13.6 Å². The highest BCUT2D eigenvalue weighted by atomic mass is 16.6. The van der Waals surface area contributed by atoms with E-state index in [9.17, 15) is 14.9 Å². The number of nitro groups is 1. The van der Waals surface area contributed by atoms with Gasteiger partial charge in [-0.3, -0.25) is 19.8 Å². The van der Waals surface area contributed by atoms with Gasteiger partial charge in [-0.25, -0.2) is 9.13 Å². The Hall–Kier alpha value is -4.20. The molecule has 0 saturated heterocycles. The van der Waals surface area contributed by atoms with Crippen LogP contribution in [0.2, 0.25) is 0 Å². The van der Waals surface area contributed by atoms with Gasteiger partial charge in [0.05, 0.1) is 35.2 Å². The van der Waals surface area contributed by atoms with Gasteiger partial charge in [0.15, 0.2) is 0 Å². The molecule has 1 aliphatic heterocycles. The lowest BCUT2D eigenvalue weighted by Gasteiger charge is -2.24. The minimum absolute atomic E-state index is 0.00970. The molecular formula is C25H24N5O3+. The highest BCUT2D eigenvalue weighted by molar-refractivity contribution is 6.28. The van der Waals surface area contributed by atoms with Gasteiger partial charge in [0.1, 0.15) is 18.9 Å². The van der Waals surface area contributed by atoms with Crippen LogP contribution in [0.4, 0.5) is 22.7 Å². The third-order valence-electron chi connectivity index (χ3n) is 6.17. The maximum Gasteiger partial charge on any atom is 0.277 e. The highest BCUT2D eigenvalue weighted by Crippen LogP contribution is 2.44. The molecule has 0 radical (unpaired) electrons. The summed E-state index contributed by atoms with van der Waals surface area (Å²) in [6.07, 6.45) is 6.13. The summed E-state index contributed by atoms with van der Waals surface area (Å²) in [6.45, 7) is 4.72. The molecule has 0 atom stereocenters. The van der Waals surface area contributed by atoms with Crippen LogP contribution in [0.3, 0.4) is 0 Å². The van der Waals surface area contributed by atoms with Crippen LogP contribution in [0.15, 0.2) is 73.3 Å². The van der Waals surface area contributed by atoms with E-state index in [-0.39, 0.29) is 11.6 Å². The van der Waals surface area contributed by atoms with Crippen molar-refractivity contribution in [1.29, 1.82) is 0 Å². The molecule has 1 aliphatic rings. The number of amides is 1. The van der Waals surface area contributed by atoms with E-state index in [0.29, 0.717) is 22.0 Å². The molecule has 1 aromatic heterocycles. The van der Waals surface area contributed by atoms with E-state index >= 15 is 0 Å². The van der Waals surface area contributed by atoms with Gasteiger partial charge in [-0.1, -0.05) is 6.07 Å². The Balaban J connectivity index is 1.44. The van der Waals surface area contributed by atoms with Crippen LogP contribution in [0, 0.1) is 10.1 Å². The minimum atomic E-state index is -0.405. The monoisotopic (exact) mass is 442 g/mol. The van der Waals surface area contributed by atoms with Crippen LogP contribution in [0.1, 0.15) is 17.3 Å². The van der Waals surface area contributed by atoms with Crippen molar-refractivity contribution < 1.29 is 14.3 Å². The predicted molar refractivity (Wildman–Crippen MR) is 127 cm³/mol. The third kappa shape index (κ3) is 3.49. The molecule has 2 heterocycles. The molecule has 3 aromatic carbocycles. The summed E-state index contributed by atoms with van der Waals surface area (Å²) < 4.78 is 4.17. The number of anilines is 3. The number of nitro benzene ring substituents is 1. The first-order valence-corrected chi connectivity index (χ1v) is 10.9. The van der Waals surface area contributed by atoms with Gasteiger partial charge in [-0.15, -0.1) is 0 Å². The lowest BCUT2D eigenvalue weighted by Crippen LogP contribution is -2.28. The number of carbonyl (C=O) groups excluding carboxylic acids is 1. The van der Waals surface area contributed by atoms with Crippen LogP contribution in [0.25, 0.3) is 10.8 Å². The van der Waals surface area contributed by atoms with Crippen molar-refractivity contribution >= 4 is 39.4 Å². The average Bonchev–Trinajstić information content (AvgIpc) is 3.36. The quantitative estimate of drug-likeness (QED) is 0.244. The molecule has 8 heteroatoms. The first kappa shape index (κ1) is 20.7. The zero-order valence-electron chi connectivity index (χ0n) is 18.5.